The zero-order valence-corrected chi connectivity index (χ0v) is 20.7. The Hall–Kier alpha value is -0.970. The molecule has 30 heavy (non-hydrogen) atoms. The molecule has 1 rings (SSSR count). The summed E-state index contributed by atoms with van der Waals surface area (Å²) in [6.45, 7) is 3.89. The van der Waals surface area contributed by atoms with Crippen LogP contribution < -0.4 is 0 Å². The number of hydrogen-bond acceptors (Lipinski definition) is 6. The highest BCUT2D eigenvalue weighted by Crippen LogP contribution is 2.37. The van der Waals surface area contributed by atoms with Crippen molar-refractivity contribution >= 4 is 45.9 Å². The minimum Gasteiger partial charge on any atom is -0.481 e. The van der Waals surface area contributed by atoms with Gasteiger partial charge < -0.3 is 5.11 Å². The smallest absolute Gasteiger partial charge is 0.303 e. The number of carbonyl (C=O) groups is 2. The zero-order valence-electron chi connectivity index (χ0n) is 18.3. The molecule has 0 saturated heterocycles. The molecule has 1 N–H and O–H groups in total. The fourth-order valence-corrected chi connectivity index (χ4v) is 6.24. The number of thiophene rings is 1. The molecule has 0 saturated carbocycles. The highest BCUT2D eigenvalue weighted by molar-refractivity contribution is 8.15. The van der Waals surface area contributed by atoms with Gasteiger partial charge in [-0.05, 0) is 37.0 Å². The Balaban J connectivity index is 2.30. The number of rotatable bonds is 17. The molecule has 0 aliphatic carbocycles. The summed E-state index contributed by atoms with van der Waals surface area (Å²) in [4.78, 5) is 25.2. The third kappa shape index (κ3) is 11.4. The first-order chi connectivity index (χ1) is 14.4. The van der Waals surface area contributed by atoms with Crippen molar-refractivity contribution in [3.8, 4) is 6.07 Å². The zero-order chi connectivity index (χ0) is 22.2. The molecule has 0 amide bonds. The Kier molecular flexibility index (Phi) is 14.2. The highest BCUT2D eigenvalue weighted by atomic mass is 32.2. The average molecular weight is 470 g/mol. The molecule has 0 aliphatic rings. The maximum atomic E-state index is 12.7. The highest BCUT2D eigenvalue weighted by Gasteiger charge is 2.31. The van der Waals surface area contributed by atoms with Gasteiger partial charge in [-0.2, -0.15) is 5.26 Å². The summed E-state index contributed by atoms with van der Waals surface area (Å²) >= 11 is 4.06. The van der Waals surface area contributed by atoms with Crippen molar-refractivity contribution in [1.29, 1.82) is 5.26 Å². The number of aliphatic carboxylic acids is 1. The molecule has 168 valence electrons. The van der Waals surface area contributed by atoms with E-state index >= 15 is 0 Å². The minimum atomic E-state index is -1.02. The van der Waals surface area contributed by atoms with Crippen molar-refractivity contribution in [1.82, 2.24) is 0 Å². The van der Waals surface area contributed by atoms with E-state index in [4.69, 9.17) is 5.11 Å². The third-order valence-corrected chi connectivity index (χ3v) is 8.39. The standard InChI is InChI=1S/C23H35NO3S3/c1-3-4-5-6-7-8-9-10-11-12-16-28-19-14-17-29-21(19)22(27)30-23(2,18-24)15-13-20(25)26/h14,17H,3-13,15-16H2,1-2H3,(H,25,26). The maximum Gasteiger partial charge on any atom is 0.303 e. The van der Waals surface area contributed by atoms with Gasteiger partial charge in [0.25, 0.3) is 0 Å². The van der Waals surface area contributed by atoms with E-state index in [9.17, 15) is 14.9 Å². The van der Waals surface area contributed by atoms with Gasteiger partial charge in [-0.25, -0.2) is 0 Å². The number of carboxylic acids is 1. The van der Waals surface area contributed by atoms with Gasteiger partial charge in [0.2, 0.25) is 5.12 Å². The van der Waals surface area contributed by atoms with Crippen LogP contribution in [-0.2, 0) is 4.79 Å². The summed E-state index contributed by atoms with van der Waals surface area (Å²) in [5.41, 5.74) is 0. The number of hydrogen-bond donors (Lipinski definition) is 1. The van der Waals surface area contributed by atoms with Crippen molar-refractivity contribution in [2.75, 3.05) is 5.75 Å². The summed E-state index contributed by atoms with van der Waals surface area (Å²) in [6, 6.07) is 4.09. The molecule has 1 atom stereocenters. The molecular weight excluding hydrogens is 434 g/mol. The molecule has 0 spiro atoms. The topological polar surface area (TPSA) is 78.2 Å². The fourth-order valence-electron chi connectivity index (χ4n) is 3.06. The largest absolute Gasteiger partial charge is 0.481 e. The number of carbonyl (C=O) groups excluding carboxylic acids is 1. The fraction of sp³-hybridized carbons (Fsp3) is 0.696. The van der Waals surface area contributed by atoms with Crippen LogP contribution in [0.5, 0.6) is 0 Å². The van der Waals surface area contributed by atoms with E-state index in [2.05, 4.69) is 13.0 Å². The van der Waals surface area contributed by atoms with E-state index in [-0.39, 0.29) is 18.0 Å². The normalized spacial score (nSPS) is 13.0. The predicted molar refractivity (Wildman–Crippen MR) is 130 cm³/mol. The van der Waals surface area contributed by atoms with Gasteiger partial charge in [-0.3, -0.25) is 9.59 Å². The first-order valence-electron chi connectivity index (χ1n) is 11.0. The molecule has 1 aromatic rings. The Morgan fingerprint density at radius 2 is 1.70 bits per heavy atom. The number of carboxylic acid groups (broad SMARTS) is 1. The van der Waals surface area contributed by atoms with E-state index in [1.807, 2.05) is 11.4 Å². The van der Waals surface area contributed by atoms with Gasteiger partial charge in [0.1, 0.15) is 4.75 Å². The van der Waals surface area contributed by atoms with Crippen LogP contribution in [-0.4, -0.2) is 26.7 Å². The van der Waals surface area contributed by atoms with Gasteiger partial charge in [-0.1, -0.05) is 76.5 Å². The molecule has 4 nitrogen and oxygen atoms in total. The Morgan fingerprint density at radius 1 is 1.10 bits per heavy atom. The van der Waals surface area contributed by atoms with Gasteiger partial charge in [0.15, 0.2) is 0 Å². The lowest BCUT2D eigenvalue weighted by Crippen LogP contribution is -2.21. The predicted octanol–water partition coefficient (Wildman–Crippen LogP) is 7.78. The first-order valence-corrected chi connectivity index (χ1v) is 13.7. The SMILES string of the molecule is CCCCCCCCCCCCSc1ccsc1C(=O)SC(C)(C#N)CCC(=O)O. The Bertz CT molecular complexity index is 683. The average Bonchev–Trinajstić information content (AvgIpc) is 3.19. The molecule has 0 fully saturated rings. The van der Waals surface area contributed by atoms with Crippen LogP contribution in [0.15, 0.2) is 16.3 Å². The molecule has 1 heterocycles. The van der Waals surface area contributed by atoms with E-state index in [1.165, 1.54) is 69.1 Å². The summed E-state index contributed by atoms with van der Waals surface area (Å²) in [5.74, 6) is 0.0422. The summed E-state index contributed by atoms with van der Waals surface area (Å²) in [6.07, 6.45) is 13.1. The maximum absolute atomic E-state index is 12.7. The van der Waals surface area contributed by atoms with Gasteiger partial charge in [-0.15, -0.1) is 23.1 Å². The van der Waals surface area contributed by atoms with Gasteiger partial charge in [0, 0.05) is 11.3 Å². The van der Waals surface area contributed by atoms with E-state index in [1.54, 1.807) is 18.7 Å². The molecule has 7 heteroatoms. The Morgan fingerprint density at radius 3 is 2.27 bits per heavy atom. The molecule has 0 aliphatic heterocycles. The summed E-state index contributed by atoms with van der Waals surface area (Å²) in [7, 11) is 0. The van der Waals surface area contributed by atoms with Crippen LogP contribution in [0.4, 0.5) is 0 Å². The lowest BCUT2D eigenvalue weighted by Gasteiger charge is -2.18. The summed E-state index contributed by atoms with van der Waals surface area (Å²) < 4.78 is -1.02. The second-order valence-electron chi connectivity index (χ2n) is 7.77. The van der Waals surface area contributed by atoms with Crippen LogP contribution >= 0.6 is 34.9 Å². The molecular formula is C23H35NO3S3. The third-order valence-electron chi connectivity index (χ3n) is 4.94. The lowest BCUT2D eigenvalue weighted by atomic mass is 10.1. The van der Waals surface area contributed by atoms with Crippen LogP contribution in [0.25, 0.3) is 0 Å². The Labute approximate surface area is 194 Å². The van der Waals surface area contributed by atoms with Crippen molar-refractivity contribution in [3.63, 3.8) is 0 Å². The van der Waals surface area contributed by atoms with Crippen molar-refractivity contribution in [3.05, 3.63) is 16.3 Å². The quantitative estimate of drug-likeness (QED) is 0.185. The second-order valence-corrected chi connectivity index (χ2v) is 11.3. The molecule has 1 aromatic heterocycles. The second kappa shape index (κ2) is 15.8. The number of nitriles is 1. The molecule has 0 bridgehead atoms. The van der Waals surface area contributed by atoms with Crippen molar-refractivity contribution in [2.45, 2.75) is 101 Å². The summed E-state index contributed by atoms with van der Waals surface area (Å²) in [5, 5.41) is 20.1. The minimum absolute atomic E-state index is 0.116. The number of nitrogens with zero attached hydrogens (tertiary/aromatic N) is 1. The molecule has 0 aromatic carbocycles. The van der Waals surface area contributed by atoms with Crippen LogP contribution in [0.3, 0.4) is 0 Å². The number of unbranched alkanes of at least 4 members (excludes halogenated alkanes) is 9. The van der Waals surface area contributed by atoms with Crippen LogP contribution in [0, 0.1) is 11.3 Å². The first kappa shape index (κ1) is 27.1. The van der Waals surface area contributed by atoms with E-state index < -0.39 is 10.7 Å². The van der Waals surface area contributed by atoms with Crippen molar-refractivity contribution in [2.24, 2.45) is 0 Å². The monoisotopic (exact) mass is 469 g/mol. The van der Waals surface area contributed by atoms with Crippen LogP contribution in [0.2, 0.25) is 0 Å². The van der Waals surface area contributed by atoms with E-state index in [0.717, 1.165) is 28.8 Å². The molecule has 1 unspecified atom stereocenters. The van der Waals surface area contributed by atoms with E-state index in [0.29, 0.717) is 4.88 Å². The molecule has 0 radical (unpaired) electrons. The van der Waals surface area contributed by atoms with Gasteiger partial charge >= 0.3 is 5.97 Å². The van der Waals surface area contributed by atoms with Crippen molar-refractivity contribution < 1.29 is 14.7 Å². The number of thioether (sulfide) groups is 2. The van der Waals surface area contributed by atoms with Crippen LogP contribution in [0.1, 0.15) is 101 Å². The lowest BCUT2D eigenvalue weighted by molar-refractivity contribution is -0.137. The van der Waals surface area contributed by atoms with Gasteiger partial charge in [0.05, 0.1) is 10.9 Å².